The van der Waals surface area contributed by atoms with Crippen LogP contribution in [0.2, 0.25) is 0 Å². The molecule has 0 saturated carbocycles. The van der Waals surface area contributed by atoms with Crippen LogP contribution in [0.5, 0.6) is 0 Å². The van der Waals surface area contributed by atoms with Gasteiger partial charge in [0.25, 0.3) is 0 Å². The number of nitrogens with one attached hydrogen (secondary N) is 3. The van der Waals surface area contributed by atoms with Crippen LogP contribution in [-0.2, 0) is 0 Å². The molecule has 0 amide bonds. The SMILES string of the molecule is OCCNC(=S)Nc1ccc(Nc2ccccc2)cc1. The lowest BCUT2D eigenvalue weighted by molar-refractivity contribution is 0.301. The number of anilines is 3. The zero-order valence-electron chi connectivity index (χ0n) is 11.0. The first-order valence-corrected chi connectivity index (χ1v) is 6.76. The Labute approximate surface area is 123 Å². The molecule has 2 rings (SSSR count). The van der Waals surface area contributed by atoms with Crippen molar-refractivity contribution in [2.45, 2.75) is 0 Å². The Morgan fingerprint density at radius 3 is 2.15 bits per heavy atom. The van der Waals surface area contributed by atoms with Gasteiger partial charge < -0.3 is 21.1 Å². The molecule has 0 aromatic heterocycles. The second kappa shape index (κ2) is 7.47. The van der Waals surface area contributed by atoms with Crippen molar-refractivity contribution in [3.05, 3.63) is 54.6 Å². The van der Waals surface area contributed by atoms with Crippen molar-refractivity contribution in [1.29, 1.82) is 0 Å². The summed E-state index contributed by atoms with van der Waals surface area (Å²) in [5.41, 5.74) is 2.96. The summed E-state index contributed by atoms with van der Waals surface area (Å²) in [6.45, 7) is 0.501. The molecule has 0 aliphatic carbocycles. The highest BCUT2D eigenvalue weighted by Gasteiger charge is 1.98. The predicted octanol–water partition coefficient (Wildman–Crippen LogP) is 2.71. The fraction of sp³-hybridized carbons (Fsp3) is 0.133. The van der Waals surface area contributed by atoms with Crippen LogP contribution in [0, 0.1) is 0 Å². The van der Waals surface area contributed by atoms with E-state index in [1.54, 1.807) is 0 Å². The quantitative estimate of drug-likeness (QED) is 0.637. The Hall–Kier alpha value is -2.11. The Morgan fingerprint density at radius 2 is 1.50 bits per heavy atom. The Bertz CT molecular complexity index is 543. The molecule has 0 aliphatic rings. The first-order chi connectivity index (χ1) is 9.78. The zero-order chi connectivity index (χ0) is 14.2. The molecule has 5 heteroatoms. The van der Waals surface area contributed by atoms with E-state index in [9.17, 15) is 0 Å². The molecular formula is C15H17N3OS. The van der Waals surface area contributed by atoms with Crippen LogP contribution in [0.15, 0.2) is 54.6 Å². The summed E-state index contributed by atoms with van der Waals surface area (Å²) >= 11 is 5.09. The normalized spacial score (nSPS) is 9.85. The predicted molar refractivity (Wildman–Crippen MR) is 87.5 cm³/mol. The summed E-state index contributed by atoms with van der Waals surface area (Å²) in [6, 6.07) is 17.8. The third-order valence-corrected chi connectivity index (χ3v) is 2.85. The minimum atomic E-state index is 0.0573. The van der Waals surface area contributed by atoms with Gasteiger partial charge in [0.05, 0.1) is 6.61 Å². The van der Waals surface area contributed by atoms with Crippen molar-refractivity contribution in [2.24, 2.45) is 0 Å². The van der Waals surface area contributed by atoms with Gasteiger partial charge in [0.2, 0.25) is 0 Å². The minimum absolute atomic E-state index is 0.0573. The number of rotatable bonds is 5. The van der Waals surface area contributed by atoms with Crippen LogP contribution < -0.4 is 16.0 Å². The summed E-state index contributed by atoms with van der Waals surface area (Å²) in [5.74, 6) is 0. The van der Waals surface area contributed by atoms with Gasteiger partial charge in [-0.15, -0.1) is 0 Å². The lowest BCUT2D eigenvalue weighted by Crippen LogP contribution is -2.30. The second-order valence-corrected chi connectivity index (χ2v) is 4.58. The Kier molecular flexibility index (Phi) is 5.34. The molecule has 0 fully saturated rings. The number of hydrogen-bond donors (Lipinski definition) is 4. The summed E-state index contributed by atoms with van der Waals surface area (Å²) in [4.78, 5) is 0. The molecule has 2 aromatic rings. The maximum absolute atomic E-state index is 8.70. The fourth-order valence-electron chi connectivity index (χ4n) is 1.67. The van der Waals surface area contributed by atoms with Gasteiger partial charge in [-0.05, 0) is 48.6 Å². The standard InChI is InChI=1S/C15H17N3OS/c19-11-10-16-15(20)18-14-8-6-13(7-9-14)17-12-4-2-1-3-5-12/h1-9,17,19H,10-11H2,(H2,16,18,20). The molecule has 2 aromatic carbocycles. The summed E-state index contributed by atoms with van der Waals surface area (Å²) in [6.07, 6.45) is 0. The van der Waals surface area contributed by atoms with E-state index >= 15 is 0 Å². The van der Waals surface area contributed by atoms with E-state index in [1.165, 1.54) is 0 Å². The third kappa shape index (κ3) is 4.53. The highest BCUT2D eigenvalue weighted by Crippen LogP contribution is 2.18. The lowest BCUT2D eigenvalue weighted by atomic mass is 10.2. The van der Waals surface area contributed by atoms with Gasteiger partial charge in [0, 0.05) is 23.6 Å². The average Bonchev–Trinajstić information content (AvgIpc) is 2.48. The lowest BCUT2D eigenvalue weighted by Gasteiger charge is -2.11. The molecule has 4 N–H and O–H groups in total. The molecule has 0 bridgehead atoms. The van der Waals surface area contributed by atoms with Crippen LogP contribution in [-0.4, -0.2) is 23.4 Å². The molecule has 0 spiro atoms. The number of aliphatic hydroxyl groups excluding tert-OH is 1. The van der Waals surface area contributed by atoms with Crippen molar-refractivity contribution >= 4 is 34.4 Å². The van der Waals surface area contributed by atoms with E-state index in [2.05, 4.69) is 16.0 Å². The molecule has 104 valence electrons. The number of thiocarbonyl (C=S) groups is 1. The van der Waals surface area contributed by atoms with E-state index < -0.39 is 0 Å². The van der Waals surface area contributed by atoms with Crippen LogP contribution in [0.3, 0.4) is 0 Å². The maximum Gasteiger partial charge on any atom is 0.170 e. The molecule has 0 aliphatic heterocycles. The van der Waals surface area contributed by atoms with Crippen LogP contribution in [0.4, 0.5) is 17.1 Å². The van der Waals surface area contributed by atoms with Gasteiger partial charge in [-0.1, -0.05) is 18.2 Å². The second-order valence-electron chi connectivity index (χ2n) is 4.17. The van der Waals surface area contributed by atoms with Crippen molar-refractivity contribution in [3.63, 3.8) is 0 Å². The van der Waals surface area contributed by atoms with Crippen molar-refractivity contribution in [3.8, 4) is 0 Å². The minimum Gasteiger partial charge on any atom is -0.395 e. The molecule has 0 radical (unpaired) electrons. The zero-order valence-corrected chi connectivity index (χ0v) is 11.8. The Morgan fingerprint density at radius 1 is 0.900 bits per heavy atom. The first kappa shape index (κ1) is 14.3. The third-order valence-electron chi connectivity index (χ3n) is 2.60. The van der Waals surface area contributed by atoms with E-state index in [0.717, 1.165) is 17.1 Å². The number of benzene rings is 2. The Balaban J connectivity index is 1.91. The van der Waals surface area contributed by atoms with E-state index in [4.69, 9.17) is 17.3 Å². The summed E-state index contributed by atoms with van der Waals surface area (Å²) < 4.78 is 0. The molecule has 4 nitrogen and oxygen atoms in total. The number of aliphatic hydroxyl groups is 1. The largest absolute Gasteiger partial charge is 0.395 e. The molecule has 0 saturated heterocycles. The van der Waals surface area contributed by atoms with Gasteiger partial charge >= 0.3 is 0 Å². The number of para-hydroxylation sites is 1. The molecular weight excluding hydrogens is 270 g/mol. The van der Waals surface area contributed by atoms with E-state index in [1.807, 2.05) is 54.6 Å². The topological polar surface area (TPSA) is 56.3 Å². The van der Waals surface area contributed by atoms with Crippen LogP contribution >= 0.6 is 12.2 Å². The summed E-state index contributed by atoms with van der Waals surface area (Å²) in [5, 5.41) is 18.5. The van der Waals surface area contributed by atoms with Gasteiger partial charge in [-0.2, -0.15) is 0 Å². The van der Waals surface area contributed by atoms with Gasteiger partial charge in [-0.3, -0.25) is 0 Å². The van der Waals surface area contributed by atoms with Gasteiger partial charge in [0.1, 0.15) is 0 Å². The molecule has 0 atom stereocenters. The van der Waals surface area contributed by atoms with Crippen molar-refractivity contribution in [2.75, 3.05) is 23.8 Å². The maximum atomic E-state index is 8.70. The monoisotopic (exact) mass is 287 g/mol. The van der Waals surface area contributed by atoms with Crippen LogP contribution in [0.25, 0.3) is 0 Å². The van der Waals surface area contributed by atoms with E-state index in [-0.39, 0.29) is 6.61 Å². The first-order valence-electron chi connectivity index (χ1n) is 6.36. The highest BCUT2D eigenvalue weighted by atomic mass is 32.1. The average molecular weight is 287 g/mol. The molecule has 0 heterocycles. The number of hydrogen-bond acceptors (Lipinski definition) is 3. The molecule has 20 heavy (non-hydrogen) atoms. The molecule has 0 unspecified atom stereocenters. The summed E-state index contributed by atoms with van der Waals surface area (Å²) in [7, 11) is 0. The van der Waals surface area contributed by atoms with Crippen LogP contribution in [0.1, 0.15) is 0 Å². The van der Waals surface area contributed by atoms with Gasteiger partial charge in [0.15, 0.2) is 5.11 Å². The van der Waals surface area contributed by atoms with Crippen molar-refractivity contribution in [1.82, 2.24) is 5.32 Å². The van der Waals surface area contributed by atoms with Crippen molar-refractivity contribution < 1.29 is 5.11 Å². The van der Waals surface area contributed by atoms with Gasteiger partial charge in [-0.25, -0.2) is 0 Å². The van der Waals surface area contributed by atoms with E-state index in [0.29, 0.717) is 11.7 Å². The smallest absolute Gasteiger partial charge is 0.170 e. The fourth-order valence-corrected chi connectivity index (χ4v) is 1.89. The highest BCUT2D eigenvalue weighted by molar-refractivity contribution is 7.80.